The fraction of sp³-hybridized carbons (Fsp3) is 0.706. The molecule has 1 unspecified atom stereocenters. The van der Waals surface area contributed by atoms with Crippen LogP contribution in [0.1, 0.15) is 57.1 Å². The molecule has 0 radical (unpaired) electrons. The zero-order chi connectivity index (χ0) is 14.2. The quantitative estimate of drug-likeness (QED) is 0.773. The number of nitrogens with one attached hydrogen (secondary N) is 1. The molecule has 0 aliphatic heterocycles. The van der Waals surface area contributed by atoms with E-state index in [2.05, 4.69) is 41.3 Å². The number of rotatable bonds is 7. The van der Waals surface area contributed by atoms with Crippen molar-refractivity contribution in [1.29, 1.82) is 0 Å². The van der Waals surface area contributed by atoms with Crippen molar-refractivity contribution in [3.63, 3.8) is 0 Å². The molecule has 1 aromatic rings. The molecule has 0 saturated heterocycles. The molecule has 1 aromatic heterocycles. The third-order valence-electron chi connectivity index (χ3n) is 4.54. The number of nitrogens with zero attached hydrogens (tertiary/aromatic N) is 2. The van der Waals surface area contributed by atoms with Crippen molar-refractivity contribution >= 4 is 0 Å². The van der Waals surface area contributed by atoms with Gasteiger partial charge < -0.3 is 10.2 Å². The summed E-state index contributed by atoms with van der Waals surface area (Å²) in [6.07, 6.45) is 12.0. The number of aromatic nitrogens is 1. The van der Waals surface area contributed by atoms with Gasteiger partial charge in [-0.3, -0.25) is 4.98 Å². The molecule has 2 rings (SSSR count). The number of hydrogen-bond acceptors (Lipinski definition) is 3. The third-order valence-corrected chi connectivity index (χ3v) is 4.54. The van der Waals surface area contributed by atoms with E-state index in [0.29, 0.717) is 6.04 Å². The maximum atomic E-state index is 4.06. The predicted octanol–water partition coefficient (Wildman–Crippen LogP) is 3.39. The molecule has 3 nitrogen and oxygen atoms in total. The summed E-state index contributed by atoms with van der Waals surface area (Å²) in [7, 11) is 2.29. The molecule has 0 amide bonds. The molecule has 1 saturated carbocycles. The summed E-state index contributed by atoms with van der Waals surface area (Å²) in [5.41, 5.74) is 1.32. The number of pyridine rings is 1. The average Bonchev–Trinajstić information content (AvgIpc) is 2.53. The molecule has 0 aromatic carbocycles. The minimum Gasteiger partial charge on any atom is -0.310 e. The summed E-state index contributed by atoms with van der Waals surface area (Å²) in [5, 5.41) is 3.60. The summed E-state index contributed by atoms with van der Waals surface area (Å²) in [6, 6.07) is 5.43. The Labute approximate surface area is 123 Å². The van der Waals surface area contributed by atoms with E-state index >= 15 is 0 Å². The van der Waals surface area contributed by atoms with E-state index in [4.69, 9.17) is 0 Å². The van der Waals surface area contributed by atoms with Crippen molar-refractivity contribution in [2.45, 2.75) is 57.5 Å². The van der Waals surface area contributed by atoms with Crippen LogP contribution in [0.2, 0.25) is 0 Å². The fourth-order valence-electron chi connectivity index (χ4n) is 3.12. The lowest BCUT2D eigenvalue weighted by molar-refractivity contribution is 0.189. The van der Waals surface area contributed by atoms with Gasteiger partial charge in [0.2, 0.25) is 0 Å². The van der Waals surface area contributed by atoms with Gasteiger partial charge in [0.1, 0.15) is 0 Å². The predicted molar refractivity (Wildman–Crippen MR) is 84.8 cm³/mol. The summed E-state index contributed by atoms with van der Waals surface area (Å²) in [4.78, 5) is 6.63. The lowest BCUT2D eigenvalue weighted by Gasteiger charge is -2.31. The molecular formula is C17H29N3. The lowest BCUT2D eigenvalue weighted by Crippen LogP contribution is -2.35. The maximum Gasteiger partial charge on any atom is 0.0292 e. The van der Waals surface area contributed by atoms with Gasteiger partial charge in [-0.05, 0) is 64.0 Å². The Balaban J connectivity index is 1.61. The highest BCUT2D eigenvalue weighted by atomic mass is 15.1. The van der Waals surface area contributed by atoms with Crippen LogP contribution in [0.15, 0.2) is 24.5 Å². The summed E-state index contributed by atoms with van der Waals surface area (Å²) < 4.78 is 0. The van der Waals surface area contributed by atoms with Crippen molar-refractivity contribution in [2.75, 3.05) is 20.1 Å². The first kappa shape index (κ1) is 15.5. The van der Waals surface area contributed by atoms with Crippen LogP contribution in [0, 0.1) is 0 Å². The standard InChI is InChI=1S/C17H29N3/c1-15(16-9-12-18-13-10-16)19-11-6-14-20(2)17-7-4-3-5-8-17/h9-10,12-13,15,17,19H,3-8,11,14H2,1-2H3. The van der Waals surface area contributed by atoms with Crippen molar-refractivity contribution in [2.24, 2.45) is 0 Å². The third kappa shape index (κ3) is 4.88. The van der Waals surface area contributed by atoms with Crippen LogP contribution in [0.4, 0.5) is 0 Å². The van der Waals surface area contributed by atoms with Crippen LogP contribution in [-0.2, 0) is 0 Å². The van der Waals surface area contributed by atoms with E-state index < -0.39 is 0 Å². The number of hydrogen-bond donors (Lipinski definition) is 1. The summed E-state index contributed by atoms with van der Waals surface area (Å²) in [6.45, 7) is 4.52. The monoisotopic (exact) mass is 275 g/mol. The van der Waals surface area contributed by atoms with Crippen LogP contribution in [-0.4, -0.2) is 36.1 Å². The minimum atomic E-state index is 0.415. The molecule has 0 bridgehead atoms. The largest absolute Gasteiger partial charge is 0.310 e. The first-order valence-corrected chi connectivity index (χ1v) is 8.11. The van der Waals surface area contributed by atoms with E-state index in [1.165, 1.54) is 50.6 Å². The maximum absolute atomic E-state index is 4.06. The SMILES string of the molecule is CC(NCCCN(C)C1CCCCC1)c1ccncc1. The summed E-state index contributed by atoms with van der Waals surface area (Å²) in [5.74, 6) is 0. The average molecular weight is 275 g/mol. The second kappa shape index (κ2) is 8.38. The smallest absolute Gasteiger partial charge is 0.0292 e. The Kier molecular flexibility index (Phi) is 6.48. The van der Waals surface area contributed by atoms with Crippen molar-refractivity contribution in [1.82, 2.24) is 15.2 Å². The molecule has 3 heteroatoms. The zero-order valence-corrected chi connectivity index (χ0v) is 13.0. The Hall–Kier alpha value is -0.930. The van der Waals surface area contributed by atoms with Crippen LogP contribution in [0.25, 0.3) is 0 Å². The van der Waals surface area contributed by atoms with Gasteiger partial charge in [-0.1, -0.05) is 19.3 Å². The molecule has 1 aliphatic rings. The molecule has 1 aliphatic carbocycles. The highest BCUT2D eigenvalue weighted by molar-refractivity contribution is 5.13. The van der Waals surface area contributed by atoms with Gasteiger partial charge >= 0.3 is 0 Å². The van der Waals surface area contributed by atoms with Gasteiger partial charge in [0.15, 0.2) is 0 Å². The summed E-state index contributed by atoms with van der Waals surface area (Å²) >= 11 is 0. The van der Waals surface area contributed by atoms with E-state index in [0.717, 1.165) is 12.6 Å². The van der Waals surface area contributed by atoms with Crippen LogP contribution >= 0.6 is 0 Å². The molecule has 0 spiro atoms. The highest BCUT2D eigenvalue weighted by Gasteiger charge is 2.17. The molecule has 1 fully saturated rings. The second-order valence-corrected chi connectivity index (χ2v) is 6.08. The lowest BCUT2D eigenvalue weighted by atomic mass is 9.94. The zero-order valence-electron chi connectivity index (χ0n) is 13.0. The van der Waals surface area contributed by atoms with Gasteiger partial charge in [0, 0.05) is 24.5 Å². The van der Waals surface area contributed by atoms with Gasteiger partial charge in [0.25, 0.3) is 0 Å². The van der Waals surface area contributed by atoms with Crippen molar-refractivity contribution < 1.29 is 0 Å². The van der Waals surface area contributed by atoms with Crippen LogP contribution < -0.4 is 5.32 Å². The van der Waals surface area contributed by atoms with Gasteiger partial charge in [-0.25, -0.2) is 0 Å². The molecule has 1 N–H and O–H groups in total. The Morgan fingerprint density at radius 3 is 2.65 bits per heavy atom. The Morgan fingerprint density at radius 1 is 1.25 bits per heavy atom. The first-order chi connectivity index (χ1) is 9.77. The fourth-order valence-corrected chi connectivity index (χ4v) is 3.12. The van der Waals surface area contributed by atoms with E-state index in [9.17, 15) is 0 Å². The van der Waals surface area contributed by atoms with Gasteiger partial charge in [-0.2, -0.15) is 0 Å². The normalized spacial score (nSPS) is 18.4. The van der Waals surface area contributed by atoms with Crippen molar-refractivity contribution in [3.05, 3.63) is 30.1 Å². The van der Waals surface area contributed by atoms with Crippen LogP contribution in [0.3, 0.4) is 0 Å². The van der Waals surface area contributed by atoms with Gasteiger partial charge in [0.05, 0.1) is 0 Å². The van der Waals surface area contributed by atoms with Crippen molar-refractivity contribution in [3.8, 4) is 0 Å². The molecule has 1 atom stereocenters. The molecule has 1 heterocycles. The van der Waals surface area contributed by atoms with E-state index in [-0.39, 0.29) is 0 Å². The van der Waals surface area contributed by atoms with E-state index in [1.807, 2.05) is 12.4 Å². The van der Waals surface area contributed by atoms with Crippen LogP contribution in [0.5, 0.6) is 0 Å². The van der Waals surface area contributed by atoms with Gasteiger partial charge in [-0.15, -0.1) is 0 Å². The molecule has 20 heavy (non-hydrogen) atoms. The Morgan fingerprint density at radius 2 is 1.95 bits per heavy atom. The minimum absolute atomic E-state index is 0.415. The first-order valence-electron chi connectivity index (χ1n) is 8.11. The molecule has 112 valence electrons. The second-order valence-electron chi connectivity index (χ2n) is 6.08. The highest BCUT2D eigenvalue weighted by Crippen LogP contribution is 2.21. The van der Waals surface area contributed by atoms with E-state index in [1.54, 1.807) is 0 Å². The molecular weight excluding hydrogens is 246 g/mol. The Bertz CT molecular complexity index is 360. The topological polar surface area (TPSA) is 28.2 Å².